The molecule has 3 rings (SSSR count). The van der Waals surface area contributed by atoms with E-state index < -0.39 is 17.1 Å². The van der Waals surface area contributed by atoms with Gasteiger partial charge in [0, 0.05) is 30.5 Å². The summed E-state index contributed by atoms with van der Waals surface area (Å²) in [5, 5.41) is 3.26. The number of piperidine rings is 1. The zero-order chi connectivity index (χ0) is 21.2. The molecule has 0 spiro atoms. The normalized spacial score (nSPS) is 34.0. The van der Waals surface area contributed by atoms with Gasteiger partial charge >= 0.3 is 11.9 Å². The Labute approximate surface area is 169 Å². The zero-order valence-corrected chi connectivity index (χ0v) is 18.9. The first-order valence-corrected chi connectivity index (χ1v) is 10.5. The van der Waals surface area contributed by atoms with E-state index in [0.717, 1.165) is 6.42 Å². The predicted molar refractivity (Wildman–Crippen MR) is 108 cm³/mol. The molecule has 3 fully saturated rings. The lowest BCUT2D eigenvalue weighted by atomic mass is 9.65. The molecule has 2 atom stereocenters. The van der Waals surface area contributed by atoms with Crippen LogP contribution in [0.25, 0.3) is 0 Å². The number of ether oxygens (including phenoxy) is 2. The topological polar surface area (TPSA) is 77.8 Å². The maximum Gasteiger partial charge on any atom is 0.328 e. The molecule has 160 valence electrons. The van der Waals surface area contributed by atoms with Crippen LogP contribution in [0.5, 0.6) is 0 Å². The van der Waals surface area contributed by atoms with E-state index in [1.807, 2.05) is 0 Å². The first kappa shape index (κ1) is 21.6. The molecule has 0 saturated carbocycles. The first-order chi connectivity index (χ1) is 12.6. The fraction of sp³-hybridized carbons (Fsp3) is 0.909. The smallest absolute Gasteiger partial charge is 0.328 e. The molecule has 0 radical (unpaired) electrons. The third-order valence-corrected chi connectivity index (χ3v) is 6.97. The average molecular weight is 395 g/mol. The van der Waals surface area contributed by atoms with Crippen LogP contribution in [0.3, 0.4) is 0 Å². The SMILES string of the molecule is CN1C(C)(C)CC(OC(=O)C2(CC(C)(C)C)CN2)(C2CCOC2=O)CC1(C)C. The van der Waals surface area contributed by atoms with Gasteiger partial charge in [-0.25, -0.2) is 4.79 Å². The number of hydrogen-bond donors (Lipinski definition) is 1. The standard InChI is InChI=1S/C22H38N2O4/c1-18(2,3)11-21(14-23-21)17(26)28-22(15-9-10-27-16(15)25)12-19(4,5)24(8)20(6,7)13-22/h15,23H,9-14H2,1-8H3. The molecule has 0 aromatic rings. The molecule has 6 heteroatoms. The number of nitrogens with one attached hydrogen (secondary N) is 1. The van der Waals surface area contributed by atoms with Crippen molar-refractivity contribution in [1.29, 1.82) is 0 Å². The quantitative estimate of drug-likeness (QED) is 0.584. The van der Waals surface area contributed by atoms with Crippen LogP contribution in [-0.4, -0.2) is 59.3 Å². The van der Waals surface area contributed by atoms with Crippen molar-refractivity contribution in [2.45, 2.75) is 96.4 Å². The Morgan fingerprint density at radius 1 is 1.21 bits per heavy atom. The molecule has 6 nitrogen and oxygen atoms in total. The van der Waals surface area contributed by atoms with Crippen molar-refractivity contribution >= 4 is 11.9 Å². The number of nitrogens with zero attached hydrogens (tertiary/aromatic N) is 1. The van der Waals surface area contributed by atoms with Crippen molar-refractivity contribution in [2.24, 2.45) is 11.3 Å². The average Bonchev–Trinajstić information content (AvgIpc) is 3.13. The molecule has 3 heterocycles. The summed E-state index contributed by atoms with van der Waals surface area (Å²) < 4.78 is 11.7. The van der Waals surface area contributed by atoms with Crippen LogP contribution in [0, 0.1) is 11.3 Å². The maximum atomic E-state index is 13.4. The highest BCUT2D eigenvalue weighted by Gasteiger charge is 2.62. The molecule has 28 heavy (non-hydrogen) atoms. The van der Waals surface area contributed by atoms with Crippen LogP contribution >= 0.6 is 0 Å². The number of cyclic esters (lactones) is 1. The fourth-order valence-electron chi connectivity index (χ4n) is 5.58. The second kappa shape index (κ2) is 6.43. The van der Waals surface area contributed by atoms with Crippen molar-refractivity contribution in [3.63, 3.8) is 0 Å². The summed E-state index contributed by atoms with van der Waals surface area (Å²) in [6.07, 6.45) is 2.58. The van der Waals surface area contributed by atoms with Crippen LogP contribution < -0.4 is 5.32 Å². The molecule has 0 bridgehead atoms. The van der Waals surface area contributed by atoms with Gasteiger partial charge in [0.2, 0.25) is 0 Å². The van der Waals surface area contributed by atoms with E-state index in [1.54, 1.807) is 0 Å². The minimum absolute atomic E-state index is 0.00724. The van der Waals surface area contributed by atoms with Gasteiger partial charge < -0.3 is 9.47 Å². The van der Waals surface area contributed by atoms with Crippen molar-refractivity contribution in [1.82, 2.24) is 10.2 Å². The molecule has 2 unspecified atom stereocenters. The first-order valence-electron chi connectivity index (χ1n) is 10.5. The Bertz CT molecular complexity index is 640. The number of carbonyl (C=O) groups excluding carboxylic acids is 2. The summed E-state index contributed by atoms with van der Waals surface area (Å²) in [5.74, 6) is -0.829. The van der Waals surface area contributed by atoms with Crippen LogP contribution in [-0.2, 0) is 19.1 Å². The van der Waals surface area contributed by atoms with Gasteiger partial charge in [0.1, 0.15) is 11.1 Å². The lowest BCUT2D eigenvalue weighted by Crippen LogP contribution is -2.67. The zero-order valence-electron chi connectivity index (χ0n) is 18.9. The number of likely N-dealkylation sites (tertiary alicyclic amines) is 1. The molecule has 1 N–H and O–H groups in total. The summed E-state index contributed by atoms with van der Waals surface area (Å²) in [5.41, 5.74) is -1.86. The molecule has 0 aromatic carbocycles. The summed E-state index contributed by atoms with van der Waals surface area (Å²) in [6.45, 7) is 16.1. The molecule has 0 aromatic heterocycles. The van der Waals surface area contributed by atoms with Crippen LogP contribution in [0.4, 0.5) is 0 Å². The van der Waals surface area contributed by atoms with Gasteiger partial charge in [-0.15, -0.1) is 0 Å². The van der Waals surface area contributed by atoms with Gasteiger partial charge in [-0.3, -0.25) is 15.0 Å². The van der Waals surface area contributed by atoms with Crippen LogP contribution in [0.2, 0.25) is 0 Å². The van der Waals surface area contributed by atoms with Crippen LogP contribution in [0.1, 0.15) is 74.1 Å². The monoisotopic (exact) mass is 394 g/mol. The predicted octanol–water partition coefficient (Wildman–Crippen LogP) is 2.89. The maximum absolute atomic E-state index is 13.4. The number of carbonyl (C=O) groups is 2. The number of rotatable bonds is 4. The Kier molecular flexibility index (Phi) is 4.95. The molecule has 3 aliphatic rings. The molecule has 3 aliphatic heterocycles. The van der Waals surface area contributed by atoms with E-state index in [9.17, 15) is 9.59 Å². The second-order valence-electron chi connectivity index (χ2n) is 11.7. The van der Waals surface area contributed by atoms with Crippen molar-refractivity contribution in [3.8, 4) is 0 Å². The number of hydrogen-bond acceptors (Lipinski definition) is 6. The second-order valence-corrected chi connectivity index (χ2v) is 11.7. The van der Waals surface area contributed by atoms with Crippen molar-refractivity contribution in [3.05, 3.63) is 0 Å². The van der Waals surface area contributed by atoms with E-state index in [-0.39, 0.29) is 28.4 Å². The Hall–Kier alpha value is -1.14. The number of esters is 2. The molecule has 3 saturated heterocycles. The minimum Gasteiger partial charge on any atom is -0.465 e. The van der Waals surface area contributed by atoms with Gasteiger partial charge in [-0.2, -0.15) is 0 Å². The Balaban J connectivity index is 1.95. The Morgan fingerprint density at radius 2 is 1.75 bits per heavy atom. The molecule has 0 amide bonds. The Morgan fingerprint density at radius 3 is 2.14 bits per heavy atom. The van der Waals surface area contributed by atoms with Crippen molar-refractivity contribution < 1.29 is 19.1 Å². The molecule has 0 aliphatic carbocycles. The van der Waals surface area contributed by atoms with Gasteiger partial charge in [-0.05, 0) is 53.0 Å². The summed E-state index contributed by atoms with van der Waals surface area (Å²) in [4.78, 5) is 28.4. The third kappa shape index (κ3) is 3.82. The lowest BCUT2D eigenvalue weighted by Gasteiger charge is -2.58. The van der Waals surface area contributed by atoms with E-state index in [4.69, 9.17) is 9.47 Å². The largest absolute Gasteiger partial charge is 0.465 e. The van der Waals surface area contributed by atoms with Crippen LogP contribution in [0.15, 0.2) is 0 Å². The fourth-order valence-corrected chi connectivity index (χ4v) is 5.58. The molecular weight excluding hydrogens is 356 g/mol. The van der Waals surface area contributed by atoms with E-state index in [1.165, 1.54) is 0 Å². The molecular formula is C22H38N2O4. The van der Waals surface area contributed by atoms with Crippen molar-refractivity contribution in [2.75, 3.05) is 20.2 Å². The van der Waals surface area contributed by atoms with E-state index in [2.05, 4.69) is 65.7 Å². The highest BCUT2D eigenvalue weighted by Crippen LogP contribution is 2.51. The highest BCUT2D eigenvalue weighted by molar-refractivity contribution is 5.86. The summed E-state index contributed by atoms with van der Waals surface area (Å²) >= 11 is 0. The third-order valence-electron chi connectivity index (χ3n) is 6.97. The van der Waals surface area contributed by atoms with Gasteiger partial charge in [0.05, 0.1) is 12.5 Å². The minimum atomic E-state index is -0.834. The summed E-state index contributed by atoms with van der Waals surface area (Å²) in [7, 11) is 2.11. The van der Waals surface area contributed by atoms with Gasteiger partial charge in [-0.1, -0.05) is 20.8 Å². The summed E-state index contributed by atoms with van der Waals surface area (Å²) in [6, 6.07) is 0. The van der Waals surface area contributed by atoms with E-state index >= 15 is 0 Å². The van der Waals surface area contributed by atoms with E-state index in [0.29, 0.717) is 32.4 Å². The highest BCUT2D eigenvalue weighted by atomic mass is 16.6. The lowest BCUT2D eigenvalue weighted by molar-refractivity contribution is -0.200. The van der Waals surface area contributed by atoms with Gasteiger partial charge in [0.15, 0.2) is 0 Å². The van der Waals surface area contributed by atoms with Gasteiger partial charge in [0.25, 0.3) is 0 Å².